The second-order valence-corrected chi connectivity index (χ2v) is 4.56. The number of benzene rings is 1. The molecule has 1 aromatic carbocycles. The van der Waals surface area contributed by atoms with E-state index in [2.05, 4.69) is 5.10 Å². The van der Waals surface area contributed by atoms with Crippen molar-refractivity contribution in [3.63, 3.8) is 0 Å². The minimum absolute atomic E-state index is 0.468. The van der Waals surface area contributed by atoms with Crippen molar-refractivity contribution in [1.82, 2.24) is 9.78 Å². The van der Waals surface area contributed by atoms with Gasteiger partial charge in [-0.25, -0.2) is 0 Å². The Hall–Kier alpha value is -2.31. The molecule has 0 spiro atoms. The first kappa shape index (κ1) is 15.1. The van der Waals surface area contributed by atoms with Gasteiger partial charge in [0.15, 0.2) is 6.29 Å². The number of hydrogen-bond donors (Lipinski definition) is 0. The predicted molar refractivity (Wildman–Crippen MR) is 72.3 cm³/mol. The number of alkyl halides is 3. The number of rotatable bonds is 5. The van der Waals surface area contributed by atoms with Crippen LogP contribution < -0.4 is 4.90 Å². The summed E-state index contributed by atoms with van der Waals surface area (Å²) in [5.41, 5.74) is 0.466. The average Bonchev–Trinajstić information content (AvgIpc) is 2.91. The third-order valence-corrected chi connectivity index (χ3v) is 3.15. The van der Waals surface area contributed by atoms with Gasteiger partial charge in [0.1, 0.15) is 5.69 Å². The Morgan fingerprint density at radius 2 is 1.90 bits per heavy atom. The van der Waals surface area contributed by atoms with Crippen molar-refractivity contribution < 1.29 is 18.0 Å². The fourth-order valence-corrected chi connectivity index (χ4v) is 1.91. The molecular weight excluding hydrogens is 283 g/mol. The number of carbonyl (C=O) groups excluding carboxylic acids is 1. The van der Waals surface area contributed by atoms with Crippen LogP contribution in [0, 0.1) is 0 Å². The lowest BCUT2D eigenvalue weighted by Gasteiger charge is -2.20. The topological polar surface area (TPSA) is 38.1 Å². The van der Waals surface area contributed by atoms with Crippen molar-refractivity contribution in [2.75, 3.05) is 18.5 Å². The minimum Gasteiger partial charge on any atom is -0.373 e. The van der Waals surface area contributed by atoms with E-state index in [9.17, 15) is 18.0 Å². The molecule has 2 aromatic rings. The van der Waals surface area contributed by atoms with Crippen LogP contribution in [-0.4, -0.2) is 29.7 Å². The predicted octanol–water partition coefficient (Wildman–Crippen LogP) is 2.85. The van der Waals surface area contributed by atoms with Gasteiger partial charge in [0.05, 0.1) is 12.1 Å². The van der Waals surface area contributed by atoms with Crippen LogP contribution in [0.3, 0.4) is 0 Å². The molecule has 0 aliphatic carbocycles. The molecule has 0 aliphatic heterocycles. The SMILES string of the molecule is CN(CCn1nccc1C=O)c1ccc(C(F)(F)F)cc1. The summed E-state index contributed by atoms with van der Waals surface area (Å²) >= 11 is 0. The summed E-state index contributed by atoms with van der Waals surface area (Å²) in [6, 6.07) is 6.55. The first-order valence-corrected chi connectivity index (χ1v) is 6.27. The van der Waals surface area contributed by atoms with E-state index in [0.717, 1.165) is 12.1 Å². The molecule has 0 unspecified atom stereocenters. The van der Waals surface area contributed by atoms with Crippen LogP contribution in [0.15, 0.2) is 36.5 Å². The molecule has 1 heterocycles. The highest BCUT2D eigenvalue weighted by molar-refractivity contribution is 5.71. The maximum absolute atomic E-state index is 12.5. The second kappa shape index (κ2) is 5.99. The third-order valence-electron chi connectivity index (χ3n) is 3.15. The lowest BCUT2D eigenvalue weighted by molar-refractivity contribution is -0.137. The summed E-state index contributed by atoms with van der Waals surface area (Å²) in [4.78, 5) is 12.6. The van der Waals surface area contributed by atoms with E-state index >= 15 is 0 Å². The monoisotopic (exact) mass is 297 g/mol. The van der Waals surface area contributed by atoms with Crippen molar-refractivity contribution in [3.8, 4) is 0 Å². The lowest BCUT2D eigenvalue weighted by atomic mass is 10.2. The number of halogens is 3. The van der Waals surface area contributed by atoms with Crippen LogP contribution in [0.2, 0.25) is 0 Å². The molecule has 21 heavy (non-hydrogen) atoms. The standard InChI is InChI=1S/C14H14F3N3O/c1-19(8-9-20-13(10-21)6-7-18-20)12-4-2-11(3-5-12)14(15,16)17/h2-7,10H,8-9H2,1H3. The zero-order valence-electron chi connectivity index (χ0n) is 11.3. The summed E-state index contributed by atoms with van der Waals surface area (Å²) in [5.74, 6) is 0. The number of aromatic nitrogens is 2. The molecular formula is C14H14F3N3O. The van der Waals surface area contributed by atoms with Gasteiger partial charge < -0.3 is 4.90 Å². The van der Waals surface area contributed by atoms with Crippen LogP contribution in [0.5, 0.6) is 0 Å². The van der Waals surface area contributed by atoms with Crippen molar-refractivity contribution in [2.45, 2.75) is 12.7 Å². The maximum Gasteiger partial charge on any atom is 0.416 e. The molecule has 0 radical (unpaired) electrons. The number of anilines is 1. The zero-order valence-corrected chi connectivity index (χ0v) is 11.3. The Labute approximate surface area is 119 Å². The summed E-state index contributed by atoms with van der Waals surface area (Å²) in [7, 11) is 1.77. The Bertz CT molecular complexity index is 605. The van der Waals surface area contributed by atoms with E-state index in [0.29, 0.717) is 30.8 Å². The number of carbonyl (C=O) groups is 1. The van der Waals surface area contributed by atoms with Crippen molar-refractivity contribution >= 4 is 12.0 Å². The molecule has 0 aliphatic rings. The highest BCUT2D eigenvalue weighted by Crippen LogP contribution is 2.30. The van der Waals surface area contributed by atoms with Crippen LogP contribution in [0.25, 0.3) is 0 Å². The summed E-state index contributed by atoms with van der Waals surface area (Å²) in [5, 5.41) is 4.01. The van der Waals surface area contributed by atoms with Gasteiger partial charge in [-0.1, -0.05) is 0 Å². The maximum atomic E-state index is 12.5. The van der Waals surface area contributed by atoms with Gasteiger partial charge >= 0.3 is 6.18 Å². The Morgan fingerprint density at radius 3 is 2.48 bits per heavy atom. The normalized spacial score (nSPS) is 11.4. The number of hydrogen-bond acceptors (Lipinski definition) is 3. The molecule has 4 nitrogen and oxygen atoms in total. The first-order chi connectivity index (χ1) is 9.91. The molecule has 0 saturated heterocycles. The van der Waals surface area contributed by atoms with E-state index in [1.165, 1.54) is 18.3 Å². The molecule has 0 bridgehead atoms. The van der Waals surface area contributed by atoms with Gasteiger partial charge in [0.2, 0.25) is 0 Å². The number of likely N-dealkylation sites (N-methyl/N-ethyl adjacent to an activating group) is 1. The van der Waals surface area contributed by atoms with E-state index in [1.54, 1.807) is 22.7 Å². The molecule has 112 valence electrons. The van der Waals surface area contributed by atoms with Crippen molar-refractivity contribution in [3.05, 3.63) is 47.8 Å². The Balaban J connectivity index is 2.00. The third kappa shape index (κ3) is 3.62. The average molecular weight is 297 g/mol. The quantitative estimate of drug-likeness (QED) is 0.797. The number of aldehydes is 1. The van der Waals surface area contributed by atoms with E-state index in [1.807, 2.05) is 0 Å². The second-order valence-electron chi connectivity index (χ2n) is 4.56. The highest BCUT2D eigenvalue weighted by atomic mass is 19.4. The zero-order chi connectivity index (χ0) is 15.5. The van der Waals surface area contributed by atoms with Gasteiger partial charge in [0.25, 0.3) is 0 Å². The van der Waals surface area contributed by atoms with Crippen LogP contribution in [-0.2, 0) is 12.7 Å². The van der Waals surface area contributed by atoms with Gasteiger partial charge in [-0.3, -0.25) is 9.48 Å². The highest BCUT2D eigenvalue weighted by Gasteiger charge is 2.30. The van der Waals surface area contributed by atoms with Gasteiger partial charge in [-0.05, 0) is 30.3 Å². The molecule has 7 heteroatoms. The van der Waals surface area contributed by atoms with Crippen LogP contribution >= 0.6 is 0 Å². The molecule has 1 aromatic heterocycles. The van der Waals surface area contributed by atoms with E-state index in [4.69, 9.17) is 0 Å². The van der Waals surface area contributed by atoms with Crippen molar-refractivity contribution in [2.24, 2.45) is 0 Å². The Kier molecular flexibility index (Phi) is 4.30. The smallest absolute Gasteiger partial charge is 0.373 e. The summed E-state index contributed by atoms with van der Waals surface area (Å²) in [6.07, 6.45) is -2.09. The largest absolute Gasteiger partial charge is 0.416 e. The fourth-order valence-electron chi connectivity index (χ4n) is 1.91. The van der Waals surface area contributed by atoms with Gasteiger partial charge in [-0.2, -0.15) is 18.3 Å². The van der Waals surface area contributed by atoms with E-state index in [-0.39, 0.29) is 0 Å². The van der Waals surface area contributed by atoms with E-state index < -0.39 is 11.7 Å². The molecule has 0 atom stereocenters. The van der Waals surface area contributed by atoms with Crippen molar-refractivity contribution in [1.29, 1.82) is 0 Å². The molecule has 0 saturated carbocycles. The fraction of sp³-hybridized carbons (Fsp3) is 0.286. The van der Waals surface area contributed by atoms with Gasteiger partial charge in [0, 0.05) is 25.5 Å². The molecule has 2 rings (SSSR count). The minimum atomic E-state index is -4.33. The lowest BCUT2D eigenvalue weighted by Crippen LogP contribution is -2.24. The first-order valence-electron chi connectivity index (χ1n) is 6.27. The molecule has 0 amide bonds. The Morgan fingerprint density at radius 1 is 1.24 bits per heavy atom. The summed E-state index contributed by atoms with van der Waals surface area (Å²) in [6.45, 7) is 0.993. The molecule has 0 fully saturated rings. The van der Waals surface area contributed by atoms with Gasteiger partial charge in [-0.15, -0.1) is 0 Å². The van der Waals surface area contributed by atoms with Crippen LogP contribution in [0.4, 0.5) is 18.9 Å². The molecule has 0 N–H and O–H groups in total. The summed E-state index contributed by atoms with van der Waals surface area (Å²) < 4.78 is 39.0. The van der Waals surface area contributed by atoms with Crippen LogP contribution in [0.1, 0.15) is 16.1 Å². The number of nitrogens with zero attached hydrogens (tertiary/aromatic N) is 3.